The van der Waals surface area contributed by atoms with E-state index in [1.807, 2.05) is 0 Å². The lowest BCUT2D eigenvalue weighted by molar-refractivity contribution is 1.17. The van der Waals surface area contributed by atoms with Gasteiger partial charge in [0.05, 0.1) is 25.1 Å². The summed E-state index contributed by atoms with van der Waals surface area (Å²) in [6.45, 7) is 0. The highest BCUT2D eigenvalue weighted by Crippen LogP contribution is 2.44. The molecule has 0 aromatic heterocycles. The summed E-state index contributed by atoms with van der Waals surface area (Å²) in [7, 11) is 0. The Morgan fingerprint density at radius 2 is 1.07 bits per heavy atom. The van der Waals surface area contributed by atoms with E-state index in [-0.39, 0.29) is 15.1 Å². The Labute approximate surface area is 116 Å². The summed E-state index contributed by atoms with van der Waals surface area (Å²) in [6, 6.07) is 0. The molecule has 0 aliphatic heterocycles. The maximum Gasteiger partial charge on any atom is 0.0809 e. The Kier molecular flexibility index (Phi) is 5.16. The average molecular weight is 357 g/mol. The molecule has 78 valence electrons. The molecular formula is C8H4BrCl5. The molecule has 0 spiro atoms. The molecule has 1 aromatic carbocycles. The lowest BCUT2D eigenvalue weighted by atomic mass is 10.2. The fourth-order valence-corrected chi connectivity index (χ4v) is 2.73. The third kappa shape index (κ3) is 2.45. The van der Waals surface area contributed by atoms with Crippen LogP contribution in [-0.2, 0) is 6.42 Å². The lowest BCUT2D eigenvalue weighted by Crippen LogP contribution is -1.92. The molecule has 0 radical (unpaired) electrons. The van der Waals surface area contributed by atoms with Gasteiger partial charge in [-0.15, -0.1) is 0 Å². The van der Waals surface area contributed by atoms with Crippen LogP contribution >= 0.6 is 73.9 Å². The molecular weight excluding hydrogens is 353 g/mol. The first-order valence-electron chi connectivity index (χ1n) is 3.57. The second-order valence-electron chi connectivity index (χ2n) is 2.49. The number of rotatable bonds is 2. The zero-order chi connectivity index (χ0) is 10.9. The number of alkyl halides is 1. The Balaban J connectivity index is 3.43. The SMILES string of the molecule is Clc1c(Cl)c(Cl)c(CCBr)c(Cl)c1Cl. The second-order valence-corrected chi connectivity index (χ2v) is 5.17. The minimum atomic E-state index is 0.196. The Morgan fingerprint density at radius 3 is 1.43 bits per heavy atom. The quantitative estimate of drug-likeness (QED) is 0.352. The molecule has 0 saturated carbocycles. The first-order chi connectivity index (χ1) is 6.50. The molecule has 0 aliphatic carbocycles. The van der Waals surface area contributed by atoms with Gasteiger partial charge in [0.15, 0.2) is 0 Å². The lowest BCUT2D eigenvalue weighted by Gasteiger charge is -2.10. The van der Waals surface area contributed by atoms with Crippen molar-refractivity contribution >= 4 is 73.9 Å². The Morgan fingerprint density at radius 1 is 0.714 bits per heavy atom. The summed E-state index contributed by atoms with van der Waals surface area (Å²) in [5.74, 6) is 0. The van der Waals surface area contributed by atoms with Gasteiger partial charge in [-0.1, -0.05) is 73.9 Å². The molecule has 1 aromatic rings. The topological polar surface area (TPSA) is 0 Å². The smallest absolute Gasteiger partial charge is 0.0809 e. The van der Waals surface area contributed by atoms with Crippen LogP contribution in [-0.4, -0.2) is 5.33 Å². The fraction of sp³-hybridized carbons (Fsp3) is 0.250. The highest BCUT2D eigenvalue weighted by Gasteiger charge is 2.18. The molecule has 0 aliphatic rings. The molecule has 0 atom stereocenters. The second kappa shape index (κ2) is 5.47. The summed E-state index contributed by atoms with van der Waals surface area (Å²) in [4.78, 5) is 0. The predicted octanol–water partition coefficient (Wildman–Crippen LogP) is 5.89. The van der Waals surface area contributed by atoms with Crippen LogP contribution in [0.4, 0.5) is 0 Å². The van der Waals surface area contributed by atoms with Crippen LogP contribution in [0.5, 0.6) is 0 Å². The first kappa shape index (κ1) is 13.2. The first-order valence-corrected chi connectivity index (χ1v) is 6.58. The van der Waals surface area contributed by atoms with Gasteiger partial charge in [-0.3, -0.25) is 0 Å². The van der Waals surface area contributed by atoms with Crippen molar-refractivity contribution < 1.29 is 0 Å². The van der Waals surface area contributed by atoms with Gasteiger partial charge in [-0.05, 0) is 12.0 Å². The summed E-state index contributed by atoms with van der Waals surface area (Å²) in [5, 5.41) is 2.15. The fourth-order valence-electron chi connectivity index (χ4n) is 0.964. The van der Waals surface area contributed by atoms with Crippen LogP contribution in [0.3, 0.4) is 0 Å². The van der Waals surface area contributed by atoms with E-state index in [9.17, 15) is 0 Å². The van der Waals surface area contributed by atoms with E-state index in [0.717, 1.165) is 5.33 Å². The normalized spacial score (nSPS) is 10.7. The summed E-state index contributed by atoms with van der Waals surface area (Å²) in [6.07, 6.45) is 0.647. The van der Waals surface area contributed by atoms with Gasteiger partial charge < -0.3 is 0 Å². The Hall–Kier alpha value is 1.15. The zero-order valence-electron chi connectivity index (χ0n) is 6.68. The summed E-state index contributed by atoms with van der Waals surface area (Å²) >= 11 is 32.8. The zero-order valence-corrected chi connectivity index (χ0v) is 12.0. The van der Waals surface area contributed by atoms with E-state index in [0.29, 0.717) is 22.0 Å². The third-order valence-electron chi connectivity index (χ3n) is 1.65. The molecule has 0 saturated heterocycles. The van der Waals surface area contributed by atoms with Crippen LogP contribution in [0.1, 0.15) is 5.56 Å². The molecule has 0 fully saturated rings. The van der Waals surface area contributed by atoms with Crippen LogP contribution in [0, 0.1) is 0 Å². The van der Waals surface area contributed by atoms with Crippen LogP contribution in [0.15, 0.2) is 0 Å². The van der Waals surface area contributed by atoms with E-state index in [4.69, 9.17) is 58.0 Å². The highest BCUT2D eigenvalue weighted by molar-refractivity contribution is 9.09. The van der Waals surface area contributed by atoms with Crippen LogP contribution in [0.2, 0.25) is 25.1 Å². The summed E-state index contributed by atoms with van der Waals surface area (Å²) < 4.78 is 0. The van der Waals surface area contributed by atoms with E-state index in [2.05, 4.69) is 15.9 Å². The predicted molar refractivity (Wildman–Crippen MR) is 69.0 cm³/mol. The van der Waals surface area contributed by atoms with Crippen molar-refractivity contribution in [3.05, 3.63) is 30.7 Å². The van der Waals surface area contributed by atoms with Crippen molar-refractivity contribution in [2.24, 2.45) is 0 Å². The van der Waals surface area contributed by atoms with E-state index < -0.39 is 0 Å². The largest absolute Gasteiger partial charge is 0.0924 e. The van der Waals surface area contributed by atoms with Gasteiger partial charge in [0, 0.05) is 5.33 Å². The van der Waals surface area contributed by atoms with Gasteiger partial charge in [-0.25, -0.2) is 0 Å². The van der Waals surface area contributed by atoms with Gasteiger partial charge in [0.25, 0.3) is 0 Å². The van der Waals surface area contributed by atoms with E-state index >= 15 is 0 Å². The number of hydrogen-bond donors (Lipinski definition) is 0. The van der Waals surface area contributed by atoms with E-state index in [1.165, 1.54) is 0 Å². The molecule has 0 unspecified atom stereocenters. The number of halogens is 6. The molecule has 0 N–H and O–H groups in total. The van der Waals surface area contributed by atoms with Crippen molar-refractivity contribution in [1.29, 1.82) is 0 Å². The van der Waals surface area contributed by atoms with Crippen molar-refractivity contribution in [2.75, 3.05) is 5.33 Å². The van der Waals surface area contributed by atoms with Gasteiger partial charge in [0.1, 0.15) is 0 Å². The van der Waals surface area contributed by atoms with Crippen LogP contribution in [0.25, 0.3) is 0 Å². The highest BCUT2D eigenvalue weighted by atomic mass is 79.9. The molecule has 0 nitrogen and oxygen atoms in total. The average Bonchev–Trinajstić information content (AvgIpc) is 2.19. The van der Waals surface area contributed by atoms with Crippen molar-refractivity contribution in [2.45, 2.75) is 6.42 Å². The van der Waals surface area contributed by atoms with Crippen molar-refractivity contribution in [1.82, 2.24) is 0 Å². The Bertz CT molecular complexity index is 334. The number of hydrogen-bond acceptors (Lipinski definition) is 0. The maximum atomic E-state index is 5.97. The number of benzene rings is 1. The van der Waals surface area contributed by atoms with Crippen LogP contribution < -0.4 is 0 Å². The van der Waals surface area contributed by atoms with Gasteiger partial charge in [-0.2, -0.15) is 0 Å². The molecule has 0 heterocycles. The molecule has 6 heteroatoms. The molecule has 0 bridgehead atoms. The van der Waals surface area contributed by atoms with E-state index in [1.54, 1.807) is 0 Å². The van der Waals surface area contributed by atoms with Crippen molar-refractivity contribution in [3.63, 3.8) is 0 Å². The molecule has 1 rings (SSSR count). The standard InChI is InChI=1S/C8H4BrCl5/c9-2-1-3-4(10)6(12)8(14)7(13)5(3)11/h1-2H2. The minimum absolute atomic E-state index is 0.196. The van der Waals surface area contributed by atoms with Gasteiger partial charge >= 0.3 is 0 Å². The van der Waals surface area contributed by atoms with Gasteiger partial charge in [0.2, 0.25) is 0 Å². The molecule has 14 heavy (non-hydrogen) atoms. The third-order valence-corrected chi connectivity index (χ3v) is 4.40. The summed E-state index contributed by atoms with van der Waals surface area (Å²) in [5.41, 5.74) is 0.713. The van der Waals surface area contributed by atoms with Crippen molar-refractivity contribution in [3.8, 4) is 0 Å². The maximum absolute atomic E-state index is 5.97. The minimum Gasteiger partial charge on any atom is -0.0924 e. The monoisotopic (exact) mass is 354 g/mol. The molecule has 0 amide bonds.